The van der Waals surface area contributed by atoms with Gasteiger partial charge in [0.1, 0.15) is 11.5 Å². The maximum Gasteiger partial charge on any atom is 0.416 e. The number of halogens is 3. The molecule has 30 heavy (non-hydrogen) atoms. The van der Waals surface area contributed by atoms with E-state index < -0.39 is 17.8 Å². The van der Waals surface area contributed by atoms with E-state index in [1.165, 1.54) is 23.6 Å². The molecule has 1 N–H and O–H groups in total. The van der Waals surface area contributed by atoms with Gasteiger partial charge in [-0.3, -0.25) is 10.1 Å². The summed E-state index contributed by atoms with van der Waals surface area (Å²) in [4.78, 5) is 17.2. The highest BCUT2D eigenvalue weighted by Gasteiger charge is 2.30. The SMILES string of the molecule is COc1ccc(OC(C)C(=O)Nc2ncc(Cc3cccc(C(F)(F)F)c3)s2)cc1. The number of hydrogen-bond donors (Lipinski definition) is 1. The summed E-state index contributed by atoms with van der Waals surface area (Å²) in [5, 5.41) is 3.02. The molecule has 0 aliphatic rings. The minimum atomic E-state index is -4.39. The Labute approximate surface area is 175 Å². The quantitative estimate of drug-likeness (QED) is 0.555. The Morgan fingerprint density at radius 1 is 1.17 bits per heavy atom. The van der Waals surface area contributed by atoms with Gasteiger partial charge in [0, 0.05) is 17.5 Å². The first-order valence-corrected chi connectivity index (χ1v) is 9.78. The third-order valence-electron chi connectivity index (χ3n) is 4.16. The minimum absolute atomic E-state index is 0.287. The summed E-state index contributed by atoms with van der Waals surface area (Å²) in [6.45, 7) is 1.61. The van der Waals surface area contributed by atoms with Crippen LogP contribution in [0.4, 0.5) is 18.3 Å². The Balaban J connectivity index is 1.58. The zero-order valence-corrected chi connectivity index (χ0v) is 17.0. The molecule has 0 aliphatic carbocycles. The van der Waals surface area contributed by atoms with Gasteiger partial charge in [-0.25, -0.2) is 4.98 Å². The van der Waals surface area contributed by atoms with Crippen molar-refractivity contribution in [3.8, 4) is 11.5 Å². The third-order valence-corrected chi connectivity index (χ3v) is 5.07. The molecule has 0 aliphatic heterocycles. The van der Waals surface area contributed by atoms with Crippen LogP contribution in [0.15, 0.2) is 54.7 Å². The highest BCUT2D eigenvalue weighted by molar-refractivity contribution is 7.15. The fraction of sp³-hybridized carbons (Fsp3) is 0.238. The largest absolute Gasteiger partial charge is 0.497 e. The van der Waals surface area contributed by atoms with Gasteiger partial charge >= 0.3 is 6.18 Å². The van der Waals surface area contributed by atoms with Crippen LogP contribution >= 0.6 is 11.3 Å². The van der Waals surface area contributed by atoms with E-state index >= 15 is 0 Å². The molecule has 3 aromatic rings. The average molecular weight is 436 g/mol. The molecule has 9 heteroatoms. The number of nitrogens with one attached hydrogen (secondary N) is 1. The molecule has 0 saturated heterocycles. The summed E-state index contributed by atoms with van der Waals surface area (Å²) in [7, 11) is 1.56. The molecule has 0 fully saturated rings. The van der Waals surface area contributed by atoms with Crippen LogP contribution in [-0.4, -0.2) is 24.1 Å². The van der Waals surface area contributed by atoms with Gasteiger partial charge in [0.25, 0.3) is 5.91 Å². The third kappa shape index (κ3) is 5.73. The molecule has 158 valence electrons. The van der Waals surface area contributed by atoms with Gasteiger partial charge in [-0.15, -0.1) is 11.3 Å². The van der Waals surface area contributed by atoms with Gasteiger partial charge in [-0.1, -0.05) is 18.2 Å². The predicted molar refractivity (Wildman–Crippen MR) is 108 cm³/mol. The smallest absolute Gasteiger partial charge is 0.416 e. The highest BCUT2D eigenvalue weighted by Crippen LogP contribution is 2.30. The maximum atomic E-state index is 12.8. The number of aromatic nitrogens is 1. The van der Waals surface area contributed by atoms with Crippen LogP contribution in [0.5, 0.6) is 11.5 Å². The number of methoxy groups -OCH3 is 1. The van der Waals surface area contributed by atoms with Crippen molar-refractivity contribution >= 4 is 22.4 Å². The summed E-state index contributed by atoms with van der Waals surface area (Å²) < 4.78 is 49.2. The highest BCUT2D eigenvalue weighted by atomic mass is 32.1. The number of amides is 1. The summed E-state index contributed by atoms with van der Waals surface area (Å²) in [5.74, 6) is 0.809. The summed E-state index contributed by atoms with van der Waals surface area (Å²) in [6.07, 6.45) is -3.33. The molecule has 3 rings (SSSR count). The Hall–Kier alpha value is -3.07. The van der Waals surface area contributed by atoms with E-state index in [1.54, 1.807) is 44.4 Å². The van der Waals surface area contributed by atoms with Crippen LogP contribution < -0.4 is 14.8 Å². The monoisotopic (exact) mass is 436 g/mol. The van der Waals surface area contributed by atoms with Crippen LogP contribution in [0.1, 0.15) is 22.9 Å². The number of alkyl halides is 3. The van der Waals surface area contributed by atoms with Crippen molar-refractivity contribution in [2.45, 2.75) is 25.6 Å². The lowest BCUT2D eigenvalue weighted by Crippen LogP contribution is -2.30. The van der Waals surface area contributed by atoms with Crippen LogP contribution in [0, 0.1) is 0 Å². The van der Waals surface area contributed by atoms with Gasteiger partial charge in [0.15, 0.2) is 11.2 Å². The Morgan fingerprint density at radius 2 is 1.87 bits per heavy atom. The number of benzene rings is 2. The minimum Gasteiger partial charge on any atom is -0.497 e. The van der Waals surface area contributed by atoms with E-state index in [0.717, 1.165) is 17.0 Å². The van der Waals surface area contributed by atoms with Crippen molar-refractivity contribution < 1.29 is 27.4 Å². The fourth-order valence-corrected chi connectivity index (χ4v) is 3.47. The zero-order valence-electron chi connectivity index (χ0n) is 16.2. The van der Waals surface area contributed by atoms with E-state index in [9.17, 15) is 18.0 Å². The molecule has 2 aromatic carbocycles. The van der Waals surface area contributed by atoms with Gasteiger partial charge in [0.2, 0.25) is 0 Å². The Kier molecular flexibility index (Phi) is 6.61. The molecule has 1 aromatic heterocycles. The molecule has 1 unspecified atom stereocenters. The molecule has 5 nitrogen and oxygen atoms in total. The first-order valence-electron chi connectivity index (χ1n) is 8.97. The average Bonchev–Trinajstić information content (AvgIpc) is 3.14. The van der Waals surface area contributed by atoms with Crippen molar-refractivity contribution in [2.24, 2.45) is 0 Å². The molecular weight excluding hydrogens is 417 g/mol. The number of nitrogens with zero attached hydrogens (tertiary/aromatic N) is 1. The van der Waals surface area contributed by atoms with Crippen molar-refractivity contribution in [2.75, 3.05) is 12.4 Å². The lowest BCUT2D eigenvalue weighted by molar-refractivity contribution is -0.137. The molecule has 0 bridgehead atoms. The number of ether oxygens (including phenoxy) is 2. The molecule has 1 atom stereocenters. The summed E-state index contributed by atoms with van der Waals surface area (Å²) in [6, 6.07) is 12.0. The second-order valence-electron chi connectivity index (χ2n) is 6.43. The number of hydrogen-bond acceptors (Lipinski definition) is 5. The van der Waals surface area contributed by atoms with Crippen molar-refractivity contribution in [3.05, 3.63) is 70.7 Å². The lowest BCUT2D eigenvalue weighted by Gasteiger charge is -2.13. The predicted octanol–water partition coefficient (Wildman–Crippen LogP) is 5.17. The second-order valence-corrected chi connectivity index (χ2v) is 7.55. The van der Waals surface area contributed by atoms with E-state index in [2.05, 4.69) is 10.3 Å². The Morgan fingerprint density at radius 3 is 2.53 bits per heavy atom. The van der Waals surface area contributed by atoms with Crippen LogP contribution in [-0.2, 0) is 17.4 Å². The van der Waals surface area contributed by atoms with Crippen LogP contribution in [0.25, 0.3) is 0 Å². The fourth-order valence-electron chi connectivity index (χ4n) is 2.62. The first kappa shape index (κ1) is 21.6. The van der Waals surface area contributed by atoms with E-state index in [-0.39, 0.29) is 12.3 Å². The van der Waals surface area contributed by atoms with Crippen LogP contribution in [0.2, 0.25) is 0 Å². The van der Waals surface area contributed by atoms with Crippen molar-refractivity contribution in [3.63, 3.8) is 0 Å². The van der Waals surface area contributed by atoms with E-state index in [0.29, 0.717) is 22.2 Å². The Bertz CT molecular complexity index is 1000. The number of carbonyl (C=O) groups is 1. The lowest BCUT2D eigenvalue weighted by atomic mass is 10.1. The topological polar surface area (TPSA) is 60.5 Å². The molecule has 1 heterocycles. The summed E-state index contributed by atoms with van der Waals surface area (Å²) in [5.41, 5.74) is -0.176. The maximum absolute atomic E-state index is 12.8. The number of rotatable bonds is 7. The second kappa shape index (κ2) is 9.17. The molecule has 0 spiro atoms. The zero-order chi connectivity index (χ0) is 21.7. The van der Waals surface area contributed by atoms with E-state index in [4.69, 9.17) is 9.47 Å². The number of carbonyl (C=O) groups excluding carboxylic acids is 1. The summed E-state index contributed by atoms with van der Waals surface area (Å²) >= 11 is 1.20. The number of thiazole rings is 1. The van der Waals surface area contributed by atoms with Gasteiger partial charge in [-0.05, 0) is 42.8 Å². The standard InChI is InChI=1S/C21H19F3N2O3S/c1-13(29-17-8-6-16(28-2)7-9-17)19(27)26-20-25-12-18(30-20)11-14-4-3-5-15(10-14)21(22,23)24/h3-10,12-13H,11H2,1-2H3,(H,25,26,27). The number of anilines is 1. The van der Waals surface area contributed by atoms with Crippen molar-refractivity contribution in [1.29, 1.82) is 0 Å². The first-order chi connectivity index (χ1) is 14.2. The van der Waals surface area contributed by atoms with Gasteiger partial charge < -0.3 is 9.47 Å². The van der Waals surface area contributed by atoms with Gasteiger partial charge in [0.05, 0.1) is 12.7 Å². The molecular formula is C21H19F3N2O3S. The molecule has 1 amide bonds. The van der Waals surface area contributed by atoms with E-state index in [1.807, 2.05) is 0 Å². The molecule has 0 radical (unpaired) electrons. The van der Waals surface area contributed by atoms with Crippen molar-refractivity contribution in [1.82, 2.24) is 4.98 Å². The van der Waals surface area contributed by atoms with Crippen LogP contribution in [0.3, 0.4) is 0 Å². The normalized spacial score (nSPS) is 12.3. The molecule has 0 saturated carbocycles. The van der Waals surface area contributed by atoms with Gasteiger partial charge in [-0.2, -0.15) is 13.2 Å².